The van der Waals surface area contributed by atoms with Gasteiger partial charge in [-0.05, 0) is 29.8 Å². The number of aromatic amines is 1. The molecule has 8 nitrogen and oxygen atoms in total. The van der Waals surface area contributed by atoms with Gasteiger partial charge in [-0.3, -0.25) is 14.7 Å². The minimum absolute atomic E-state index is 0.0143. The number of hydrogen-bond acceptors (Lipinski definition) is 6. The van der Waals surface area contributed by atoms with Crippen molar-refractivity contribution in [1.82, 2.24) is 25.0 Å². The van der Waals surface area contributed by atoms with E-state index in [1.807, 2.05) is 24.3 Å². The minimum atomic E-state index is -0.134. The number of furan rings is 1. The molecule has 144 valence electrons. The van der Waals surface area contributed by atoms with E-state index in [9.17, 15) is 9.59 Å². The Morgan fingerprint density at radius 3 is 2.36 bits per heavy atom. The molecule has 4 rings (SSSR count). The molecule has 0 atom stereocenters. The second-order valence-corrected chi connectivity index (χ2v) is 7.30. The number of nitrogens with zero attached hydrogens (tertiary/aromatic N) is 4. The van der Waals surface area contributed by atoms with Gasteiger partial charge in [-0.1, -0.05) is 23.9 Å². The number of carbonyl (C=O) groups excluding carboxylic acids is 2. The first-order valence-electron chi connectivity index (χ1n) is 8.90. The molecule has 1 N–H and O–H groups in total. The zero-order valence-corrected chi connectivity index (χ0v) is 15.9. The third kappa shape index (κ3) is 4.09. The summed E-state index contributed by atoms with van der Waals surface area (Å²) >= 11 is 1.55. The van der Waals surface area contributed by atoms with Gasteiger partial charge < -0.3 is 14.2 Å². The van der Waals surface area contributed by atoms with E-state index in [4.69, 9.17) is 4.42 Å². The average Bonchev–Trinajstić information content (AvgIpc) is 3.46. The Balaban J connectivity index is 1.30. The predicted molar refractivity (Wildman–Crippen MR) is 103 cm³/mol. The van der Waals surface area contributed by atoms with Crippen molar-refractivity contribution in [2.45, 2.75) is 10.9 Å². The highest BCUT2D eigenvalue weighted by molar-refractivity contribution is 7.98. The lowest BCUT2D eigenvalue weighted by Gasteiger charge is -2.34. The van der Waals surface area contributed by atoms with Crippen LogP contribution in [0.5, 0.6) is 0 Å². The van der Waals surface area contributed by atoms with Crippen LogP contribution in [-0.4, -0.2) is 63.0 Å². The van der Waals surface area contributed by atoms with Crippen LogP contribution in [0.1, 0.15) is 26.5 Å². The molecular formula is C19H19N5O3S. The monoisotopic (exact) mass is 397 g/mol. The summed E-state index contributed by atoms with van der Waals surface area (Å²) in [7, 11) is 0. The van der Waals surface area contributed by atoms with Crippen molar-refractivity contribution in [3.63, 3.8) is 0 Å². The van der Waals surface area contributed by atoms with Gasteiger partial charge in [0.2, 0.25) is 0 Å². The molecule has 3 aromatic rings. The number of benzene rings is 1. The molecular weight excluding hydrogens is 378 g/mol. The standard InChI is InChI=1S/C19H19N5O3S/c25-17(15-5-3-14(4-6-15)12-28-19-20-13-21-22-19)23-7-9-24(10-8-23)18(26)16-2-1-11-27-16/h1-6,11,13H,7-10,12H2,(H,20,21,22). The molecule has 1 saturated heterocycles. The maximum Gasteiger partial charge on any atom is 0.289 e. The summed E-state index contributed by atoms with van der Waals surface area (Å²) < 4.78 is 5.16. The number of hydrogen-bond donors (Lipinski definition) is 1. The SMILES string of the molecule is O=C(c1ccc(CSc2ncn[nH]2)cc1)N1CCN(C(=O)c2ccco2)CC1. The summed E-state index contributed by atoms with van der Waals surface area (Å²) in [6, 6.07) is 10.9. The molecule has 2 aromatic heterocycles. The van der Waals surface area contributed by atoms with Crippen molar-refractivity contribution < 1.29 is 14.0 Å². The van der Waals surface area contributed by atoms with Gasteiger partial charge >= 0.3 is 0 Å². The number of thioether (sulfide) groups is 1. The summed E-state index contributed by atoms with van der Waals surface area (Å²) in [5.74, 6) is 0.931. The van der Waals surface area contributed by atoms with Crippen LogP contribution in [-0.2, 0) is 5.75 Å². The van der Waals surface area contributed by atoms with Crippen LogP contribution in [0.3, 0.4) is 0 Å². The van der Waals surface area contributed by atoms with E-state index in [-0.39, 0.29) is 11.8 Å². The van der Waals surface area contributed by atoms with Crippen LogP contribution >= 0.6 is 11.8 Å². The molecule has 1 aliphatic rings. The fourth-order valence-electron chi connectivity index (χ4n) is 3.01. The molecule has 2 amide bonds. The van der Waals surface area contributed by atoms with Crippen LogP contribution in [0.15, 0.2) is 58.6 Å². The van der Waals surface area contributed by atoms with Crippen LogP contribution in [0.25, 0.3) is 0 Å². The molecule has 0 spiro atoms. The Labute approximate surface area is 165 Å². The molecule has 28 heavy (non-hydrogen) atoms. The molecule has 0 unspecified atom stereocenters. The highest BCUT2D eigenvalue weighted by Gasteiger charge is 2.26. The highest BCUT2D eigenvalue weighted by atomic mass is 32.2. The number of rotatable bonds is 5. The molecule has 3 heterocycles. The van der Waals surface area contributed by atoms with Gasteiger partial charge in [-0.15, -0.1) is 0 Å². The number of amides is 2. The van der Waals surface area contributed by atoms with E-state index in [2.05, 4.69) is 15.2 Å². The summed E-state index contributed by atoms with van der Waals surface area (Å²) in [6.07, 6.45) is 2.97. The second-order valence-electron chi connectivity index (χ2n) is 6.34. The van der Waals surface area contributed by atoms with E-state index >= 15 is 0 Å². The number of carbonyl (C=O) groups is 2. The van der Waals surface area contributed by atoms with Gasteiger partial charge in [0.15, 0.2) is 10.9 Å². The Bertz CT molecular complexity index is 917. The maximum atomic E-state index is 12.7. The lowest BCUT2D eigenvalue weighted by Crippen LogP contribution is -2.50. The summed E-state index contributed by atoms with van der Waals surface area (Å²) in [4.78, 5) is 32.6. The predicted octanol–water partition coefficient (Wildman–Crippen LogP) is 2.29. The van der Waals surface area contributed by atoms with E-state index in [1.54, 1.807) is 33.7 Å². The number of nitrogens with one attached hydrogen (secondary N) is 1. The van der Waals surface area contributed by atoms with Gasteiger partial charge in [0.1, 0.15) is 6.33 Å². The number of H-pyrrole nitrogens is 1. The molecule has 0 bridgehead atoms. The first-order chi connectivity index (χ1) is 13.7. The molecule has 0 saturated carbocycles. The van der Waals surface area contributed by atoms with E-state index in [0.717, 1.165) is 16.5 Å². The van der Waals surface area contributed by atoms with Gasteiger partial charge in [0.25, 0.3) is 11.8 Å². The van der Waals surface area contributed by atoms with Crippen molar-refractivity contribution in [3.8, 4) is 0 Å². The molecule has 0 aliphatic carbocycles. The Kier molecular flexibility index (Phi) is 5.43. The lowest BCUT2D eigenvalue weighted by molar-refractivity contribution is 0.0518. The number of aromatic nitrogens is 3. The average molecular weight is 397 g/mol. The van der Waals surface area contributed by atoms with Crippen LogP contribution in [0.4, 0.5) is 0 Å². The summed E-state index contributed by atoms with van der Waals surface area (Å²) in [6.45, 7) is 2.01. The molecule has 1 aliphatic heterocycles. The summed E-state index contributed by atoms with van der Waals surface area (Å²) in [5, 5.41) is 7.39. The molecule has 1 fully saturated rings. The summed E-state index contributed by atoms with van der Waals surface area (Å²) in [5.41, 5.74) is 1.76. The number of piperazine rings is 1. The largest absolute Gasteiger partial charge is 0.459 e. The minimum Gasteiger partial charge on any atom is -0.459 e. The van der Waals surface area contributed by atoms with Crippen molar-refractivity contribution in [1.29, 1.82) is 0 Å². The first kappa shape index (κ1) is 18.3. The zero-order chi connectivity index (χ0) is 19.3. The molecule has 0 radical (unpaired) electrons. The van der Waals surface area contributed by atoms with Crippen molar-refractivity contribution in [3.05, 3.63) is 65.9 Å². The van der Waals surface area contributed by atoms with Gasteiger partial charge in [-0.2, -0.15) is 5.10 Å². The van der Waals surface area contributed by atoms with E-state index in [1.165, 1.54) is 12.6 Å². The quantitative estimate of drug-likeness (QED) is 0.664. The zero-order valence-electron chi connectivity index (χ0n) is 15.1. The topological polar surface area (TPSA) is 95.3 Å². The Morgan fingerprint density at radius 1 is 1.04 bits per heavy atom. The third-order valence-corrected chi connectivity index (χ3v) is 5.50. The lowest BCUT2D eigenvalue weighted by atomic mass is 10.1. The van der Waals surface area contributed by atoms with Crippen LogP contribution < -0.4 is 0 Å². The van der Waals surface area contributed by atoms with E-state index in [0.29, 0.717) is 37.5 Å². The van der Waals surface area contributed by atoms with Gasteiger partial charge in [0.05, 0.1) is 6.26 Å². The van der Waals surface area contributed by atoms with Gasteiger partial charge in [0, 0.05) is 37.5 Å². The normalized spacial score (nSPS) is 14.3. The van der Waals surface area contributed by atoms with Crippen LogP contribution in [0.2, 0.25) is 0 Å². The van der Waals surface area contributed by atoms with Crippen molar-refractivity contribution in [2.24, 2.45) is 0 Å². The fourth-order valence-corrected chi connectivity index (χ4v) is 3.75. The fraction of sp³-hybridized carbons (Fsp3) is 0.263. The third-order valence-electron chi connectivity index (χ3n) is 4.56. The van der Waals surface area contributed by atoms with E-state index < -0.39 is 0 Å². The maximum absolute atomic E-state index is 12.7. The smallest absolute Gasteiger partial charge is 0.289 e. The van der Waals surface area contributed by atoms with Gasteiger partial charge in [-0.25, -0.2) is 4.98 Å². The second kappa shape index (κ2) is 8.30. The Morgan fingerprint density at radius 2 is 1.75 bits per heavy atom. The Hall–Kier alpha value is -3.07. The highest BCUT2D eigenvalue weighted by Crippen LogP contribution is 2.19. The first-order valence-corrected chi connectivity index (χ1v) is 9.88. The molecule has 1 aromatic carbocycles. The van der Waals surface area contributed by atoms with Crippen molar-refractivity contribution >= 4 is 23.6 Å². The van der Waals surface area contributed by atoms with Crippen molar-refractivity contribution in [2.75, 3.05) is 26.2 Å². The molecule has 9 heteroatoms. The van der Waals surface area contributed by atoms with Crippen LogP contribution in [0, 0.1) is 0 Å².